The van der Waals surface area contributed by atoms with Gasteiger partial charge in [-0.3, -0.25) is 4.79 Å². The number of pyridine rings is 1. The Balaban J connectivity index is 1.97. The number of aromatic hydroxyl groups is 1. The number of H-pyrrole nitrogens is 1. The van der Waals surface area contributed by atoms with Gasteiger partial charge in [-0.2, -0.15) is 13.2 Å². The zero-order chi connectivity index (χ0) is 24.1. The maximum absolute atomic E-state index is 14.4. The van der Waals surface area contributed by atoms with Crippen molar-refractivity contribution in [3.63, 3.8) is 0 Å². The predicted octanol–water partition coefficient (Wildman–Crippen LogP) is 5.70. The molecule has 1 aliphatic carbocycles. The fraction of sp³-hybridized carbons (Fsp3) is 0.400. The largest absolute Gasteiger partial charge is 0.508 e. The van der Waals surface area contributed by atoms with E-state index in [1.54, 1.807) is 37.3 Å². The van der Waals surface area contributed by atoms with E-state index in [0.717, 1.165) is 0 Å². The molecular formula is C25H27F3N2O3. The van der Waals surface area contributed by atoms with E-state index in [0.29, 0.717) is 34.1 Å². The van der Waals surface area contributed by atoms with Crippen LogP contribution in [-0.2, 0) is 0 Å². The molecule has 3 aromatic rings. The number of hydrogen-bond acceptors (Lipinski definition) is 4. The molecule has 4 rings (SSSR count). The van der Waals surface area contributed by atoms with E-state index >= 15 is 0 Å². The minimum atomic E-state index is -4.92. The lowest BCUT2D eigenvalue weighted by Gasteiger charge is -2.46. The summed E-state index contributed by atoms with van der Waals surface area (Å²) in [5, 5.41) is 25.5. The smallest absolute Gasteiger partial charge is 0.419 e. The first kappa shape index (κ1) is 23.2. The van der Waals surface area contributed by atoms with Gasteiger partial charge in [0, 0.05) is 22.7 Å². The third-order valence-corrected chi connectivity index (χ3v) is 6.68. The summed E-state index contributed by atoms with van der Waals surface area (Å²) in [5.74, 6) is -0.749. The van der Waals surface area contributed by atoms with Crippen molar-refractivity contribution in [3.05, 3.63) is 69.5 Å². The van der Waals surface area contributed by atoms with Gasteiger partial charge in [0.05, 0.1) is 11.6 Å². The average Bonchev–Trinajstić information content (AvgIpc) is 2.74. The molecule has 33 heavy (non-hydrogen) atoms. The number of aromatic nitrogens is 1. The van der Waals surface area contributed by atoms with Gasteiger partial charge in [-0.15, -0.1) is 0 Å². The van der Waals surface area contributed by atoms with Crippen LogP contribution in [0.5, 0.6) is 5.75 Å². The van der Waals surface area contributed by atoms with Crippen LogP contribution in [0, 0.1) is 0 Å². The number of anilines is 1. The molecule has 0 fully saturated rings. The van der Waals surface area contributed by atoms with E-state index in [1.165, 1.54) is 12.1 Å². The van der Waals surface area contributed by atoms with Crippen molar-refractivity contribution in [2.45, 2.75) is 63.3 Å². The molecule has 1 heterocycles. The number of hydrogen-bond donors (Lipinski definition) is 4. The summed E-state index contributed by atoms with van der Waals surface area (Å²) in [6.45, 7) is 5.53. The predicted molar refractivity (Wildman–Crippen MR) is 122 cm³/mol. The first-order valence-corrected chi connectivity index (χ1v) is 11.0. The van der Waals surface area contributed by atoms with E-state index in [1.807, 2.05) is 13.8 Å². The van der Waals surface area contributed by atoms with E-state index in [-0.39, 0.29) is 22.8 Å². The van der Waals surface area contributed by atoms with E-state index < -0.39 is 30.2 Å². The number of halogens is 3. The molecule has 0 spiro atoms. The summed E-state index contributed by atoms with van der Waals surface area (Å²) in [4.78, 5) is 14.4. The molecule has 0 unspecified atom stereocenters. The molecule has 2 aromatic carbocycles. The molecule has 3 atom stereocenters. The Labute approximate surface area is 189 Å². The van der Waals surface area contributed by atoms with Crippen molar-refractivity contribution in [1.82, 2.24) is 4.98 Å². The summed E-state index contributed by atoms with van der Waals surface area (Å²) in [6, 6.07) is 9.41. The third-order valence-electron chi connectivity index (χ3n) is 6.68. The number of rotatable bonds is 4. The van der Waals surface area contributed by atoms with Crippen LogP contribution in [0.15, 0.2) is 47.3 Å². The van der Waals surface area contributed by atoms with Crippen molar-refractivity contribution in [3.8, 4) is 5.75 Å². The van der Waals surface area contributed by atoms with Gasteiger partial charge in [0.1, 0.15) is 5.75 Å². The molecule has 0 amide bonds. The number of alkyl halides is 3. The normalized spacial score (nSPS) is 23.0. The topological polar surface area (TPSA) is 85.4 Å². The van der Waals surface area contributed by atoms with Gasteiger partial charge >= 0.3 is 6.18 Å². The Hall–Kier alpha value is -3.00. The number of benzene rings is 2. The molecular weight excluding hydrogens is 433 g/mol. The van der Waals surface area contributed by atoms with Crippen molar-refractivity contribution >= 4 is 16.6 Å². The lowest BCUT2D eigenvalue weighted by molar-refractivity contribution is -0.272. The molecule has 0 aliphatic heterocycles. The summed E-state index contributed by atoms with van der Waals surface area (Å²) >= 11 is 0. The number of phenols is 1. The van der Waals surface area contributed by atoms with Gasteiger partial charge in [-0.1, -0.05) is 32.9 Å². The highest BCUT2D eigenvalue weighted by Gasteiger charge is 2.62. The van der Waals surface area contributed by atoms with E-state index in [4.69, 9.17) is 0 Å². The number of fused-ring (bicyclic) bond motifs is 2. The molecule has 0 radical (unpaired) electrons. The van der Waals surface area contributed by atoms with Crippen molar-refractivity contribution < 1.29 is 23.4 Å². The van der Waals surface area contributed by atoms with E-state index in [9.17, 15) is 28.2 Å². The van der Waals surface area contributed by atoms with Crippen LogP contribution in [0.4, 0.5) is 18.9 Å². The van der Waals surface area contributed by atoms with Gasteiger partial charge < -0.3 is 20.5 Å². The SMILES string of the molecule is CC[C@@H]1C[C@@](O)(C(F)(F)F)[C@@H](Nc2cccc3[nH]c(=O)ccc23)c2cc(C(C)C)cc(O)c21. The highest BCUT2D eigenvalue weighted by atomic mass is 19.4. The zero-order valence-electron chi connectivity index (χ0n) is 18.6. The van der Waals surface area contributed by atoms with Gasteiger partial charge in [-0.25, -0.2) is 0 Å². The zero-order valence-corrected chi connectivity index (χ0v) is 18.6. The van der Waals surface area contributed by atoms with Crippen LogP contribution in [0.3, 0.4) is 0 Å². The van der Waals surface area contributed by atoms with Crippen molar-refractivity contribution in [2.24, 2.45) is 0 Å². The highest BCUT2D eigenvalue weighted by Crippen LogP contribution is 2.55. The van der Waals surface area contributed by atoms with Crippen LogP contribution in [0.25, 0.3) is 10.9 Å². The van der Waals surface area contributed by atoms with Crippen LogP contribution >= 0.6 is 0 Å². The second kappa shape index (κ2) is 8.09. The summed E-state index contributed by atoms with van der Waals surface area (Å²) in [6.07, 6.45) is -5.16. The summed E-state index contributed by atoms with van der Waals surface area (Å²) in [7, 11) is 0. The number of phenolic OH excluding ortho intramolecular Hbond substituents is 1. The van der Waals surface area contributed by atoms with Gasteiger partial charge in [-0.05, 0) is 60.1 Å². The molecule has 0 bridgehead atoms. The molecule has 1 aromatic heterocycles. The van der Waals surface area contributed by atoms with Crippen LogP contribution < -0.4 is 10.9 Å². The molecule has 176 valence electrons. The number of nitrogens with one attached hydrogen (secondary N) is 2. The fourth-order valence-corrected chi connectivity index (χ4v) is 4.85. The summed E-state index contributed by atoms with van der Waals surface area (Å²) < 4.78 is 43.2. The molecule has 8 heteroatoms. The fourth-order valence-electron chi connectivity index (χ4n) is 4.85. The molecule has 5 nitrogen and oxygen atoms in total. The van der Waals surface area contributed by atoms with E-state index in [2.05, 4.69) is 10.3 Å². The molecule has 0 saturated carbocycles. The quantitative estimate of drug-likeness (QED) is 0.402. The first-order chi connectivity index (χ1) is 15.5. The minimum absolute atomic E-state index is 0.0366. The molecule has 0 saturated heterocycles. The average molecular weight is 460 g/mol. The lowest BCUT2D eigenvalue weighted by Crippen LogP contribution is -2.55. The second-order valence-electron chi connectivity index (χ2n) is 9.10. The third kappa shape index (κ3) is 3.86. The number of aromatic amines is 1. The van der Waals surface area contributed by atoms with Crippen LogP contribution in [-0.4, -0.2) is 27.0 Å². The number of aliphatic hydroxyl groups is 1. The van der Waals surface area contributed by atoms with Crippen LogP contribution in [0.2, 0.25) is 0 Å². The van der Waals surface area contributed by atoms with Gasteiger partial charge in [0.15, 0.2) is 5.60 Å². The maximum atomic E-state index is 14.4. The minimum Gasteiger partial charge on any atom is -0.508 e. The van der Waals surface area contributed by atoms with Crippen LogP contribution in [0.1, 0.15) is 68.2 Å². The molecule has 4 N–H and O–H groups in total. The second-order valence-corrected chi connectivity index (χ2v) is 9.10. The molecule has 1 aliphatic rings. The van der Waals surface area contributed by atoms with Crippen molar-refractivity contribution in [1.29, 1.82) is 0 Å². The van der Waals surface area contributed by atoms with Gasteiger partial charge in [0.25, 0.3) is 0 Å². The lowest BCUT2D eigenvalue weighted by atomic mass is 9.68. The monoisotopic (exact) mass is 460 g/mol. The highest BCUT2D eigenvalue weighted by molar-refractivity contribution is 5.91. The summed E-state index contributed by atoms with van der Waals surface area (Å²) in [5.41, 5.74) is -1.24. The Morgan fingerprint density at radius 3 is 2.58 bits per heavy atom. The standard InChI is InChI=1S/C25H27F3N2O3/c1-4-14-12-24(33,25(26,27)28)23(17-10-15(13(2)3)11-20(31)22(14)17)30-19-7-5-6-18-16(19)8-9-21(32)29-18/h5-11,13-14,23,30-31,33H,4,12H2,1-3H3,(H,29,32)/t14-,23+,24+/m1/s1. The van der Waals surface area contributed by atoms with Gasteiger partial charge in [0.2, 0.25) is 5.56 Å². The maximum Gasteiger partial charge on any atom is 0.419 e. The Kier molecular flexibility index (Phi) is 5.68. The Morgan fingerprint density at radius 2 is 1.94 bits per heavy atom. The van der Waals surface area contributed by atoms with Crippen molar-refractivity contribution in [2.75, 3.05) is 5.32 Å². The Bertz CT molecular complexity index is 1250. The Morgan fingerprint density at radius 1 is 1.21 bits per heavy atom. The first-order valence-electron chi connectivity index (χ1n) is 11.0.